The van der Waals surface area contributed by atoms with Gasteiger partial charge < -0.3 is 4.74 Å². The van der Waals surface area contributed by atoms with E-state index in [0.717, 1.165) is 21.3 Å². The van der Waals surface area contributed by atoms with E-state index >= 15 is 0 Å². The molecule has 5 nitrogen and oxygen atoms in total. The predicted molar refractivity (Wildman–Crippen MR) is 123 cm³/mol. The van der Waals surface area contributed by atoms with E-state index in [1.165, 1.54) is 10.2 Å². The third-order valence-electron chi connectivity index (χ3n) is 4.70. The smallest absolute Gasteiger partial charge is 0.282 e. The van der Waals surface area contributed by atoms with Gasteiger partial charge in [-0.3, -0.25) is 4.79 Å². The standard InChI is InChI=1S/C24H20BrN3O2/c1-16-3-5-19(6-4-16)15-30-21-10-7-18(8-11-21)14-26-28-17(2)27-23-12-9-20(25)13-22(23)24(28)29/h3-14H,15H2,1-2H3. The minimum Gasteiger partial charge on any atom is -0.489 e. The molecule has 30 heavy (non-hydrogen) atoms. The molecule has 0 bridgehead atoms. The molecule has 0 aliphatic rings. The Morgan fingerprint density at radius 2 is 1.77 bits per heavy atom. The summed E-state index contributed by atoms with van der Waals surface area (Å²) in [5.41, 5.74) is 3.66. The lowest BCUT2D eigenvalue weighted by atomic mass is 10.2. The van der Waals surface area contributed by atoms with E-state index in [4.69, 9.17) is 4.74 Å². The van der Waals surface area contributed by atoms with E-state index in [9.17, 15) is 4.79 Å². The summed E-state index contributed by atoms with van der Waals surface area (Å²) in [6.07, 6.45) is 1.64. The minimum absolute atomic E-state index is 0.201. The number of benzene rings is 3. The fraction of sp³-hybridized carbons (Fsp3) is 0.125. The van der Waals surface area contributed by atoms with Gasteiger partial charge in [-0.2, -0.15) is 9.78 Å². The molecule has 4 rings (SSSR count). The van der Waals surface area contributed by atoms with Gasteiger partial charge in [-0.1, -0.05) is 45.8 Å². The molecule has 0 radical (unpaired) electrons. The van der Waals surface area contributed by atoms with Crippen LogP contribution in [0.5, 0.6) is 5.75 Å². The van der Waals surface area contributed by atoms with Crippen LogP contribution in [0.25, 0.3) is 10.9 Å². The lowest BCUT2D eigenvalue weighted by Crippen LogP contribution is -2.20. The van der Waals surface area contributed by atoms with Crippen LogP contribution in [0.15, 0.2) is 81.1 Å². The highest BCUT2D eigenvalue weighted by Gasteiger charge is 2.07. The first-order valence-electron chi connectivity index (χ1n) is 9.51. The Morgan fingerprint density at radius 1 is 1.03 bits per heavy atom. The number of nitrogens with zero attached hydrogens (tertiary/aromatic N) is 3. The Morgan fingerprint density at radius 3 is 2.50 bits per heavy atom. The van der Waals surface area contributed by atoms with Gasteiger partial charge in [0.1, 0.15) is 18.2 Å². The lowest BCUT2D eigenvalue weighted by Gasteiger charge is -2.07. The zero-order valence-electron chi connectivity index (χ0n) is 16.7. The van der Waals surface area contributed by atoms with Crippen LogP contribution >= 0.6 is 15.9 Å². The SMILES string of the molecule is Cc1ccc(COc2ccc(C=Nn3c(C)nc4ccc(Br)cc4c3=O)cc2)cc1. The molecule has 1 aromatic heterocycles. The molecular weight excluding hydrogens is 442 g/mol. The maximum absolute atomic E-state index is 12.8. The molecule has 0 amide bonds. The van der Waals surface area contributed by atoms with Crippen molar-refractivity contribution in [3.63, 3.8) is 0 Å². The van der Waals surface area contributed by atoms with Gasteiger partial charge in [0.25, 0.3) is 5.56 Å². The van der Waals surface area contributed by atoms with E-state index in [1.807, 2.05) is 36.4 Å². The monoisotopic (exact) mass is 461 g/mol. The summed E-state index contributed by atoms with van der Waals surface area (Å²) in [6.45, 7) is 4.34. The number of aryl methyl sites for hydroxylation is 2. The van der Waals surface area contributed by atoms with Crippen LogP contribution in [0.1, 0.15) is 22.5 Å². The second-order valence-electron chi connectivity index (χ2n) is 7.03. The van der Waals surface area contributed by atoms with Crippen LogP contribution in [0.3, 0.4) is 0 Å². The fourth-order valence-electron chi connectivity index (χ4n) is 3.02. The number of hydrogen-bond acceptors (Lipinski definition) is 4. The van der Waals surface area contributed by atoms with Gasteiger partial charge in [0.15, 0.2) is 0 Å². The Hall–Kier alpha value is -3.25. The molecule has 0 saturated heterocycles. The average molecular weight is 462 g/mol. The summed E-state index contributed by atoms with van der Waals surface area (Å²) in [6, 6.07) is 21.3. The topological polar surface area (TPSA) is 56.5 Å². The normalized spacial score (nSPS) is 11.3. The average Bonchev–Trinajstić information content (AvgIpc) is 2.75. The van der Waals surface area contributed by atoms with Crippen molar-refractivity contribution < 1.29 is 4.74 Å². The quantitative estimate of drug-likeness (QED) is 0.382. The largest absolute Gasteiger partial charge is 0.489 e. The second-order valence-corrected chi connectivity index (χ2v) is 7.94. The summed E-state index contributed by atoms with van der Waals surface area (Å²) in [5, 5.41) is 4.87. The molecule has 0 spiro atoms. The Balaban J connectivity index is 1.50. The molecule has 4 aromatic rings. The van der Waals surface area contributed by atoms with Crippen LogP contribution in [0, 0.1) is 13.8 Å². The van der Waals surface area contributed by atoms with E-state index in [-0.39, 0.29) is 5.56 Å². The molecule has 0 saturated carbocycles. The van der Waals surface area contributed by atoms with Crippen molar-refractivity contribution >= 4 is 33.0 Å². The van der Waals surface area contributed by atoms with Crippen molar-refractivity contribution in [1.29, 1.82) is 0 Å². The number of ether oxygens (including phenoxy) is 1. The van der Waals surface area contributed by atoms with Gasteiger partial charge in [-0.15, -0.1) is 0 Å². The van der Waals surface area contributed by atoms with Gasteiger partial charge in [0, 0.05) is 4.47 Å². The van der Waals surface area contributed by atoms with Crippen molar-refractivity contribution in [3.05, 3.63) is 104 Å². The highest BCUT2D eigenvalue weighted by atomic mass is 79.9. The van der Waals surface area contributed by atoms with Crippen molar-refractivity contribution in [2.75, 3.05) is 0 Å². The Bertz CT molecular complexity index is 1280. The van der Waals surface area contributed by atoms with Crippen LogP contribution in [0.4, 0.5) is 0 Å². The van der Waals surface area contributed by atoms with E-state index in [0.29, 0.717) is 23.3 Å². The molecule has 0 unspecified atom stereocenters. The first-order chi connectivity index (χ1) is 14.5. The van der Waals surface area contributed by atoms with E-state index in [2.05, 4.69) is 57.2 Å². The Labute approximate surface area is 182 Å². The van der Waals surface area contributed by atoms with Crippen molar-refractivity contribution in [3.8, 4) is 5.75 Å². The number of halogens is 1. The van der Waals surface area contributed by atoms with Crippen LogP contribution in [-0.2, 0) is 6.61 Å². The molecule has 0 atom stereocenters. The molecule has 6 heteroatoms. The van der Waals surface area contributed by atoms with Crippen molar-refractivity contribution in [2.24, 2.45) is 5.10 Å². The minimum atomic E-state index is -0.201. The third kappa shape index (κ3) is 4.49. The highest BCUT2D eigenvalue weighted by molar-refractivity contribution is 9.10. The predicted octanol–water partition coefficient (Wildman–Crippen LogP) is 5.24. The molecule has 0 N–H and O–H groups in total. The fourth-order valence-corrected chi connectivity index (χ4v) is 3.38. The summed E-state index contributed by atoms with van der Waals surface area (Å²) in [4.78, 5) is 17.3. The van der Waals surface area contributed by atoms with Crippen LogP contribution in [0.2, 0.25) is 0 Å². The number of aromatic nitrogens is 2. The molecule has 0 fully saturated rings. The first kappa shape index (κ1) is 20.0. The lowest BCUT2D eigenvalue weighted by molar-refractivity contribution is 0.306. The van der Waals surface area contributed by atoms with Gasteiger partial charge in [-0.25, -0.2) is 4.98 Å². The van der Waals surface area contributed by atoms with Crippen molar-refractivity contribution in [2.45, 2.75) is 20.5 Å². The second kappa shape index (κ2) is 8.63. The number of fused-ring (bicyclic) bond motifs is 1. The van der Waals surface area contributed by atoms with E-state index < -0.39 is 0 Å². The Kier molecular flexibility index (Phi) is 5.77. The molecule has 1 heterocycles. The zero-order valence-corrected chi connectivity index (χ0v) is 18.3. The molecular formula is C24H20BrN3O2. The van der Waals surface area contributed by atoms with Gasteiger partial charge in [-0.05, 0) is 67.4 Å². The molecule has 0 aliphatic carbocycles. The summed E-state index contributed by atoms with van der Waals surface area (Å²) < 4.78 is 7.98. The van der Waals surface area contributed by atoms with Gasteiger partial charge in [0.05, 0.1) is 17.1 Å². The van der Waals surface area contributed by atoms with Gasteiger partial charge >= 0.3 is 0 Å². The maximum atomic E-state index is 12.8. The summed E-state index contributed by atoms with van der Waals surface area (Å²) in [7, 11) is 0. The zero-order chi connectivity index (χ0) is 21.1. The number of hydrogen-bond donors (Lipinski definition) is 0. The van der Waals surface area contributed by atoms with Crippen molar-refractivity contribution in [1.82, 2.24) is 9.66 Å². The molecule has 3 aromatic carbocycles. The summed E-state index contributed by atoms with van der Waals surface area (Å²) in [5.74, 6) is 1.31. The maximum Gasteiger partial charge on any atom is 0.282 e. The summed E-state index contributed by atoms with van der Waals surface area (Å²) >= 11 is 3.40. The highest BCUT2D eigenvalue weighted by Crippen LogP contribution is 2.16. The van der Waals surface area contributed by atoms with Gasteiger partial charge in [0.2, 0.25) is 0 Å². The van der Waals surface area contributed by atoms with Crippen LogP contribution in [-0.4, -0.2) is 15.9 Å². The first-order valence-corrected chi connectivity index (χ1v) is 10.3. The molecule has 0 aliphatic heterocycles. The van der Waals surface area contributed by atoms with E-state index in [1.54, 1.807) is 19.2 Å². The van der Waals surface area contributed by atoms with Crippen LogP contribution < -0.4 is 10.3 Å². The molecule has 150 valence electrons. The third-order valence-corrected chi connectivity index (χ3v) is 5.19. The number of rotatable bonds is 5.